The maximum atomic E-state index is 12.7. The predicted molar refractivity (Wildman–Crippen MR) is 102 cm³/mol. The molecular weight excluding hydrogens is 392 g/mol. The van der Waals surface area contributed by atoms with Crippen LogP contribution in [0.4, 0.5) is 0 Å². The molecule has 0 N–H and O–H groups in total. The van der Waals surface area contributed by atoms with Gasteiger partial charge in [0.15, 0.2) is 5.78 Å². The number of nitriles is 1. The van der Waals surface area contributed by atoms with E-state index in [-0.39, 0.29) is 18.8 Å². The third-order valence-corrected chi connectivity index (χ3v) is 4.34. The molecule has 0 aliphatic rings. The lowest BCUT2D eigenvalue weighted by Crippen LogP contribution is -2.08. The van der Waals surface area contributed by atoms with Crippen molar-refractivity contribution in [2.24, 2.45) is 0 Å². The Kier molecular flexibility index (Phi) is 5.77. The van der Waals surface area contributed by atoms with Gasteiger partial charge in [0, 0.05) is 28.9 Å². The average molecular weight is 407 g/mol. The third kappa shape index (κ3) is 4.35. The third-order valence-electron chi connectivity index (χ3n) is 3.85. The van der Waals surface area contributed by atoms with Gasteiger partial charge in [-0.05, 0) is 35.9 Å². The lowest BCUT2D eigenvalue weighted by molar-refractivity contribution is 0.0988. The molecule has 0 fully saturated rings. The Hall–Kier alpha value is -2.97. The van der Waals surface area contributed by atoms with E-state index in [0.717, 1.165) is 15.6 Å². The van der Waals surface area contributed by atoms with E-state index in [4.69, 9.17) is 4.74 Å². The first-order valence-electron chi connectivity index (χ1n) is 8.00. The molecule has 1 aromatic heterocycles. The number of benzene rings is 2. The Balaban J connectivity index is 1.82. The van der Waals surface area contributed by atoms with Crippen LogP contribution in [0.1, 0.15) is 27.0 Å². The van der Waals surface area contributed by atoms with Crippen LogP contribution in [0.15, 0.2) is 71.5 Å². The summed E-state index contributed by atoms with van der Waals surface area (Å²) in [4.78, 5) is 16.8. The molecule has 0 radical (unpaired) electrons. The number of ether oxygens (including phenoxy) is 1. The second kappa shape index (κ2) is 8.41. The fourth-order valence-electron chi connectivity index (χ4n) is 2.54. The molecule has 128 valence electrons. The van der Waals surface area contributed by atoms with Gasteiger partial charge in [-0.3, -0.25) is 9.78 Å². The highest BCUT2D eigenvalue weighted by molar-refractivity contribution is 9.10. The van der Waals surface area contributed by atoms with Crippen LogP contribution in [0.25, 0.3) is 0 Å². The van der Waals surface area contributed by atoms with Crippen LogP contribution in [-0.2, 0) is 13.0 Å². The van der Waals surface area contributed by atoms with E-state index in [2.05, 4.69) is 27.0 Å². The molecular formula is C21H15BrN2O2. The molecule has 0 atom stereocenters. The Bertz CT molecular complexity index is 965. The monoisotopic (exact) mass is 406 g/mol. The van der Waals surface area contributed by atoms with Crippen molar-refractivity contribution in [1.82, 2.24) is 4.98 Å². The molecule has 26 heavy (non-hydrogen) atoms. The number of aromatic nitrogens is 1. The minimum atomic E-state index is -0.0529. The molecule has 1 heterocycles. The van der Waals surface area contributed by atoms with Gasteiger partial charge in [0.2, 0.25) is 0 Å². The summed E-state index contributed by atoms with van der Waals surface area (Å²) in [6.07, 6.45) is 3.60. The van der Waals surface area contributed by atoms with Gasteiger partial charge in [0.1, 0.15) is 12.4 Å². The number of Topliss-reactive ketones (excluding diaryl/α,β-unsaturated/α-hetero) is 1. The number of hydrogen-bond donors (Lipinski definition) is 0. The van der Waals surface area contributed by atoms with Crippen molar-refractivity contribution in [1.29, 1.82) is 5.26 Å². The summed E-state index contributed by atoms with van der Waals surface area (Å²) in [5, 5.41) is 9.19. The van der Waals surface area contributed by atoms with Gasteiger partial charge in [-0.25, -0.2) is 0 Å². The van der Waals surface area contributed by atoms with Gasteiger partial charge >= 0.3 is 0 Å². The largest absolute Gasteiger partial charge is 0.488 e. The predicted octanol–water partition coefficient (Wildman–Crippen LogP) is 4.72. The maximum absolute atomic E-state index is 12.7. The SMILES string of the molecule is N#Cc1ccccc1COc1ccc(Br)cc1C(=O)Cc1cccnc1. The van der Waals surface area contributed by atoms with Crippen LogP contribution in [0, 0.1) is 11.3 Å². The second-order valence-electron chi connectivity index (χ2n) is 5.66. The van der Waals surface area contributed by atoms with Crippen LogP contribution < -0.4 is 4.74 Å². The quantitative estimate of drug-likeness (QED) is 0.555. The number of hydrogen-bond acceptors (Lipinski definition) is 4. The summed E-state index contributed by atoms with van der Waals surface area (Å²) in [7, 11) is 0. The number of nitrogens with zero attached hydrogens (tertiary/aromatic N) is 2. The number of pyridine rings is 1. The Labute approximate surface area is 160 Å². The first-order valence-corrected chi connectivity index (χ1v) is 8.79. The van der Waals surface area contributed by atoms with E-state index in [1.807, 2.05) is 30.3 Å². The Morgan fingerprint density at radius 2 is 2.00 bits per heavy atom. The molecule has 0 aliphatic heterocycles. The molecule has 5 heteroatoms. The molecule has 3 aromatic rings. The Morgan fingerprint density at radius 1 is 1.15 bits per heavy atom. The molecule has 0 unspecified atom stereocenters. The van der Waals surface area contributed by atoms with E-state index in [1.54, 1.807) is 36.7 Å². The molecule has 4 nitrogen and oxygen atoms in total. The minimum absolute atomic E-state index is 0.0529. The topological polar surface area (TPSA) is 63.0 Å². The number of halogens is 1. The number of rotatable bonds is 6. The van der Waals surface area contributed by atoms with Gasteiger partial charge in [0.05, 0.1) is 17.2 Å². The van der Waals surface area contributed by atoms with Crippen molar-refractivity contribution >= 4 is 21.7 Å². The zero-order chi connectivity index (χ0) is 18.4. The lowest BCUT2D eigenvalue weighted by Gasteiger charge is -2.12. The van der Waals surface area contributed by atoms with E-state index in [1.165, 1.54) is 0 Å². The summed E-state index contributed by atoms with van der Waals surface area (Å²) >= 11 is 3.41. The van der Waals surface area contributed by atoms with Gasteiger partial charge in [0.25, 0.3) is 0 Å². The zero-order valence-electron chi connectivity index (χ0n) is 13.9. The van der Waals surface area contributed by atoms with Crippen molar-refractivity contribution in [3.8, 4) is 11.8 Å². The fourth-order valence-corrected chi connectivity index (χ4v) is 2.90. The number of carbonyl (C=O) groups is 1. The maximum Gasteiger partial charge on any atom is 0.171 e. The minimum Gasteiger partial charge on any atom is -0.488 e. The summed E-state index contributed by atoms with van der Waals surface area (Å²) in [6, 6.07) is 18.4. The van der Waals surface area contributed by atoms with Crippen molar-refractivity contribution < 1.29 is 9.53 Å². The highest BCUT2D eigenvalue weighted by Gasteiger charge is 2.15. The molecule has 0 aliphatic carbocycles. The second-order valence-corrected chi connectivity index (χ2v) is 6.58. The molecule has 3 rings (SSSR count). The van der Waals surface area contributed by atoms with Gasteiger partial charge in [-0.2, -0.15) is 5.26 Å². The van der Waals surface area contributed by atoms with Crippen LogP contribution in [0.3, 0.4) is 0 Å². The summed E-state index contributed by atoms with van der Waals surface area (Å²) in [6.45, 7) is 0.221. The summed E-state index contributed by atoms with van der Waals surface area (Å²) in [5.74, 6) is 0.442. The van der Waals surface area contributed by atoms with Gasteiger partial charge in [-0.1, -0.05) is 40.2 Å². The molecule has 0 amide bonds. The van der Waals surface area contributed by atoms with Crippen molar-refractivity contribution in [3.05, 3.63) is 93.7 Å². The van der Waals surface area contributed by atoms with E-state index in [0.29, 0.717) is 16.9 Å². The summed E-state index contributed by atoms with van der Waals surface area (Å²) < 4.78 is 6.67. The van der Waals surface area contributed by atoms with Gasteiger partial charge < -0.3 is 4.74 Å². The first kappa shape index (κ1) is 17.8. The van der Waals surface area contributed by atoms with E-state index >= 15 is 0 Å². The number of ketones is 1. The molecule has 0 saturated carbocycles. The average Bonchev–Trinajstić information content (AvgIpc) is 2.68. The van der Waals surface area contributed by atoms with Crippen LogP contribution >= 0.6 is 15.9 Å². The standard InChI is InChI=1S/C21H15BrN2O2/c22-18-7-8-21(26-14-17-6-2-1-5-16(17)12-23)19(11-18)20(25)10-15-4-3-9-24-13-15/h1-9,11,13H,10,14H2. The van der Waals surface area contributed by atoms with Crippen molar-refractivity contribution in [2.75, 3.05) is 0 Å². The lowest BCUT2D eigenvalue weighted by atomic mass is 10.0. The highest BCUT2D eigenvalue weighted by atomic mass is 79.9. The molecule has 0 bridgehead atoms. The first-order chi connectivity index (χ1) is 12.7. The molecule has 2 aromatic carbocycles. The molecule has 0 spiro atoms. The zero-order valence-corrected chi connectivity index (χ0v) is 15.4. The molecule has 0 saturated heterocycles. The van der Waals surface area contributed by atoms with E-state index in [9.17, 15) is 10.1 Å². The van der Waals surface area contributed by atoms with Crippen LogP contribution in [0.5, 0.6) is 5.75 Å². The number of carbonyl (C=O) groups excluding carboxylic acids is 1. The summed E-state index contributed by atoms with van der Waals surface area (Å²) in [5.41, 5.74) is 2.69. The smallest absolute Gasteiger partial charge is 0.171 e. The fraction of sp³-hybridized carbons (Fsp3) is 0.0952. The normalized spacial score (nSPS) is 10.2. The van der Waals surface area contributed by atoms with E-state index < -0.39 is 0 Å². The van der Waals surface area contributed by atoms with Crippen molar-refractivity contribution in [3.63, 3.8) is 0 Å². The van der Waals surface area contributed by atoms with Crippen LogP contribution in [-0.4, -0.2) is 10.8 Å². The highest BCUT2D eigenvalue weighted by Crippen LogP contribution is 2.26. The van der Waals surface area contributed by atoms with Crippen molar-refractivity contribution in [2.45, 2.75) is 13.0 Å². The Morgan fingerprint density at radius 3 is 2.77 bits per heavy atom. The van der Waals surface area contributed by atoms with Crippen LogP contribution in [0.2, 0.25) is 0 Å². The van der Waals surface area contributed by atoms with Gasteiger partial charge in [-0.15, -0.1) is 0 Å².